The summed E-state index contributed by atoms with van der Waals surface area (Å²) in [6.45, 7) is 10.8. The fourth-order valence-electron chi connectivity index (χ4n) is 4.25. The van der Waals surface area contributed by atoms with Crippen LogP contribution in [0.1, 0.15) is 62.3 Å². The number of ether oxygens (including phenoxy) is 1. The molecule has 1 aliphatic heterocycles. The van der Waals surface area contributed by atoms with Gasteiger partial charge in [0.15, 0.2) is 0 Å². The van der Waals surface area contributed by atoms with Gasteiger partial charge in [-0.25, -0.2) is 4.79 Å². The number of likely N-dealkylation sites (tertiary alicyclic amines) is 1. The summed E-state index contributed by atoms with van der Waals surface area (Å²) >= 11 is 0. The molecule has 36 heavy (non-hydrogen) atoms. The summed E-state index contributed by atoms with van der Waals surface area (Å²) in [7, 11) is 0. The number of piperidine rings is 1. The Bertz CT molecular complexity index is 1170. The highest BCUT2D eigenvalue weighted by atomic mass is 16.5. The third-order valence-corrected chi connectivity index (χ3v) is 6.46. The third kappa shape index (κ3) is 6.37. The summed E-state index contributed by atoms with van der Waals surface area (Å²) in [5.74, 6) is 0.737. The van der Waals surface area contributed by atoms with Crippen LogP contribution in [0, 0.1) is 5.92 Å². The molecule has 2 aromatic carbocycles. The lowest BCUT2D eigenvalue weighted by atomic mass is 9.87. The van der Waals surface area contributed by atoms with E-state index in [2.05, 4.69) is 53.3 Å². The van der Waals surface area contributed by atoms with Gasteiger partial charge in [0, 0.05) is 17.2 Å². The number of hydrogen-bond acceptors (Lipinski definition) is 7. The molecule has 1 aromatic heterocycles. The van der Waals surface area contributed by atoms with Crippen molar-refractivity contribution in [3.8, 4) is 11.4 Å². The minimum absolute atomic E-state index is 0.00249. The van der Waals surface area contributed by atoms with Gasteiger partial charge in [-0.3, -0.25) is 9.69 Å². The molecule has 0 radical (unpaired) electrons. The number of nitrogens with zero attached hydrogens (tertiary/aromatic N) is 3. The zero-order valence-electron chi connectivity index (χ0n) is 21.4. The van der Waals surface area contributed by atoms with Crippen molar-refractivity contribution in [2.75, 3.05) is 25.0 Å². The largest absolute Gasteiger partial charge is 0.462 e. The molecular weight excluding hydrogens is 456 g/mol. The van der Waals surface area contributed by atoms with Crippen molar-refractivity contribution in [1.29, 1.82) is 0 Å². The molecule has 8 heteroatoms. The van der Waals surface area contributed by atoms with Gasteiger partial charge >= 0.3 is 5.97 Å². The third-order valence-electron chi connectivity index (χ3n) is 6.46. The molecule has 1 N–H and O–H groups in total. The molecule has 1 fully saturated rings. The van der Waals surface area contributed by atoms with Crippen molar-refractivity contribution in [1.82, 2.24) is 15.0 Å². The molecule has 4 rings (SSSR count). The van der Waals surface area contributed by atoms with E-state index in [1.165, 1.54) is 5.56 Å². The number of benzene rings is 2. The average molecular weight is 491 g/mol. The van der Waals surface area contributed by atoms with Crippen LogP contribution >= 0.6 is 0 Å². The Balaban J connectivity index is 1.26. The van der Waals surface area contributed by atoms with Gasteiger partial charge in [-0.05, 0) is 68.1 Å². The molecule has 3 aromatic rings. The second-order valence-corrected chi connectivity index (χ2v) is 10.2. The molecule has 1 aliphatic rings. The number of carbonyl (C=O) groups is 2. The molecule has 8 nitrogen and oxygen atoms in total. The molecule has 0 bridgehead atoms. The summed E-state index contributed by atoms with van der Waals surface area (Å²) in [4.78, 5) is 31.3. The van der Waals surface area contributed by atoms with Crippen molar-refractivity contribution < 1.29 is 18.8 Å². The first-order chi connectivity index (χ1) is 17.2. The molecule has 0 spiro atoms. The van der Waals surface area contributed by atoms with Crippen LogP contribution in [-0.2, 0) is 21.5 Å². The van der Waals surface area contributed by atoms with Crippen LogP contribution in [0.15, 0.2) is 53.1 Å². The average Bonchev–Trinajstić information content (AvgIpc) is 3.33. The van der Waals surface area contributed by atoms with E-state index in [0.29, 0.717) is 36.1 Å². The highest BCUT2D eigenvalue weighted by molar-refractivity contribution is 5.94. The predicted octanol–water partition coefficient (Wildman–Crippen LogP) is 5.06. The van der Waals surface area contributed by atoms with Crippen LogP contribution in [0.2, 0.25) is 0 Å². The molecule has 0 saturated carbocycles. The quantitative estimate of drug-likeness (QED) is 0.462. The summed E-state index contributed by atoms with van der Waals surface area (Å²) < 4.78 is 10.5. The van der Waals surface area contributed by atoms with Crippen molar-refractivity contribution in [3.05, 3.63) is 65.5 Å². The van der Waals surface area contributed by atoms with E-state index in [1.807, 2.05) is 12.1 Å². The van der Waals surface area contributed by atoms with Gasteiger partial charge in [-0.15, -0.1) is 0 Å². The smallest absolute Gasteiger partial charge is 0.338 e. The lowest BCUT2D eigenvalue weighted by Gasteiger charge is -2.30. The Hall–Kier alpha value is -3.52. The summed E-state index contributed by atoms with van der Waals surface area (Å²) in [5.41, 5.74) is 3.43. The Morgan fingerprint density at radius 2 is 1.72 bits per heavy atom. The van der Waals surface area contributed by atoms with Crippen LogP contribution in [0.3, 0.4) is 0 Å². The number of aromatic nitrogens is 2. The Labute approximate surface area is 212 Å². The SMILES string of the molecule is CCOC(=O)c1ccc(NC(=O)C2CCN(Cc3nc(-c4ccc(C(C)(C)C)cc4)no3)CC2)cc1. The van der Waals surface area contributed by atoms with Crippen molar-refractivity contribution in [2.24, 2.45) is 5.92 Å². The Morgan fingerprint density at radius 1 is 1.06 bits per heavy atom. The fraction of sp³-hybridized carbons (Fsp3) is 0.429. The monoisotopic (exact) mass is 490 g/mol. The maximum Gasteiger partial charge on any atom is 0.338 e. The Morgan fingerprint density at radius 3 is 2.33 bits per heavy atom. The van der Waals surface area contributed by atoms with Gasteiger partial charge in [0.05, 0.1) is 18.7 Å². The van der Waals surface area contributed by atoms with Crippen LogP contribution in [0.4, 0.5) is 5.69 Å². The second-order valence-electron chi connectivity index (χ2n) is 10.2. The molecular formula is C28H34N4O4. The molecule has 0 atom stereocenters. The summed E-state index contributed by atoms with van der Waals surface area (Å²) in [6, 6.07) is 15.0. The number of amides is 1. The van der Waals surface area contributed by atoms with Crippen molar-refractivity contribution in [3.63, 3.8) is 0 Å². The van der Waals surface area contributed by atoms with Crippen molar-refractivity contribution in [2.45, 2.75) is 52.5 Å². The topological polar surface area (TPSA) is 97.6 Å². The maximum atomic E-state index is 12.7. The summed E-state index contributed by atoms with van der Waals surface area (Å²) in [5, 5.41) is 7.11. The minimum atomic E-state index is -0.366. The van der Waals surface area contributed by atoms with E-state index in [0.717, 1.165) is 31.5 Å². The minimum Gasteiger partial charge on any atom is -0.462 e. The second kappa shape index (κ2) is 11.0. The van der Waals surface area contributed by atoms with Gasteiger partial charge in [0.2, 0.25) is 17.6 Å². The normalized spacial score (nSPS) is 15.0. The lowest BCUT2D eigenvalue weighted by molar-refractivity contribution is -0.121. The number of nitrogens with one attached hydrogen (secondary N) is 1. The Kier molecular flexibility index (Phi) is 7.84. The number of hydrogen-bond donors (Lipinski definition) is 1. The standard InChI is InChI=1S/C28H34N4O4/c1-5-35-27(34)21-8-12-23(13-9-21)29-26(33)20-14-16-32(17-15-20)18-24-30-25(31-36-24)19-6-10-22(11-7-19)28(2,3)4/h6-13,20H,5,14-18H2,1-4H3,(H,29,33). The summed E-state index contributed by atoms with van der Waals surface area (Å²) in [6.07, 6.45) is 1.50. The van der Waals surface area contributed by atoms with Crippen LogP contribution in [-0.4, -0.2) is 46.6 Å². The molecule has 0 unspecified atom stereocenters. The number of rotatable bonds is 7. The van der Waals surface area contributed by atoms with Crippen LogP contribution < -0.4 is 5.32 Å². The number of carbonyl (C=O) groups excluding carboxylic acids is 2. The van der Waals surface area contributed by atoms with E-state index in [4.69, 9.17) is 9.26 Å². The van der Waals surface area contributed by atoms with Crippen LogP contribution in [0.5, 0.6) is 0 Å². The molecule has 1 amide bonds. The van der Waals surface area contributed by atoms with Crippen molar-refractivity contribution >= 4 is 17.6 Å². The number of esters is 1. The molecule has 1 saturated heterocycles. The first-order valence-corrected chi connectivity index (χ1v) is 12.5. The van der Waals surface area contributed by atoms with Gasteiger partial charge in [0.1, 0.15) is 0 Å². The maximum absolute atomic E-state index is 12.7. The van der Waals surface area contributed by atoms with E-state index < -0.39 is 0 Å². The van der Waals surface area contributed by atoms with E-state index in [9.17, 15) is 9.59 Å². The van der Waals surface area contributed by atoms with Gasteiger partial charge in [0.25, 0.3) is 0 Å². The zero-order chi connectivity index (χ0) is 25.7. The van der Waals surface area contributed by atoms with E-state index in [1.54, 1.807) is 31.2 Å². The number of anilines is 1. The fourth-order valence-corrected chi connectivity index (χ4v) is 4.25. The highest BCUT2D eigenvalue weighted by Gasteiger charge is 2.26. The van der Waals surface area contributed by atoms with Gasteiger partial charge in [-0.1, -0.05) is 50.2 Å². The first-order valence-electron chi connectivity index (χ1n) is 12.5. The molecule has 190 valence electrons. The van der Waals surface area contributed by atoms with Gasteiger partial charge in [-0.2, -0.15) is 4.98 Å². The lowest BCUT2D eigenvalue weighted by Crippen LogP contribution is -2.37. The predicted molar refractivity (Wildman–Crippen MR) is 137 cm³/mol. The first kappa shape index (κ1) is 25.6. The van der Waals surface area contributed by atoms with Gasteiger partial charge < -0.3 is 14.6 Å². The van der Waals surface area contributed by atoms with E-state index >= 15 is 0 Å². The molecule has 2 heterocycles. The molecule has 0 aliphatic carbocycles. The zero-order valence-corrected chi connectivity index (χ0v) is 21.4. The highest BCUT2D eigenvalue weighted by Crippen LogP contribution is 2.26. The van der Waals surface area contributed by atoms with E-state index in [-0.39, 0.29) is 23.2 Å². The van der Waals surface area contributed by atoms with Crippen LogP contribution in [0.25, 0.3) is 11.4 Å².